The summed E-state index contributed by atoms with van der Waals surface area (Å²) >= 11 is 5.90. The maximum absolute atomic E-state index is 12.7. The highest BCUT2D eigenvalue weighted by Gasteiger charge is 2.59. The summed E-state index contributed by atoms with van der Waals surface area (Å²) in [5.41, 5.74) is 1.77. The van der Waals surface area contributed by atoms with Crippen molar-refractivity contribution in [1.29, 1.82) is 0 Å². The summed E-state index contributed by atoms with van der Waals surface area (Å²) in [6.07, 6.45) is 6.61. The van der Waals surface area contributed by atoms with Crippen molar-refractivity contribution in [2.24, 2.45) is 28.8 Å². The van der Waals surface area contributed by atoms with Crippen LogP contribution in [-0.4, -0.2) is 23.0 Å². The van der Waals surface area contributed by atoms with Crippen LogP contribution in [0.3, 0.4) is 0 Å². The molecule has 3 aliphatic rings. The van der Waals surface area contributed by atoms with Crippen LogP contribution in [0.15, 0.2) is 65.8 Å². The number of fused-ring (bicyclic) bond motifs is 5. The van der Waals surface area contributed by atoms with Crippen molar-refractivity contribution in [3.05, 3.63) is 76.8 Å². The Morgan fingerprint density at radius 3 is 2.41 bits per heavy atom. The first-order valence-corrected chi connectivity index (χ1v) is 10.1. The van der Waals surface area contributed by atoms with Gasteiger partial charge in [0.1, 0.15) is 12.4 Å². The fourth-order valence-corrected chi connectivity index (χ4v) is 4.68. The minimum atomic E-state index is -0.233. The number of imide groups is 1. The van der Waals surface area contributed by atoms with Gasteiger partial charge in [-0.1, -0.05) is 48.0 Å². The summed E-state index contributed by atoms with van der Waals surface area (Å²) in [5, 5.41) is 5.96. The van der Waals surface area contributed by atoms with Crippen LogP contribution in [0.1, 0.15) is 17.5 Å². The lowest BCUT2D eigenvalue weighted by Crippen LogP contribution is -2.28. The highest BCUT2D eigenvalue weighted by molar-refractivity contribution is 6.30. The number of benzene rings is 2. The second kappa shape index (κ2) is 7.16. The number of hydrogen-bond donors (Lipinski definition) is 0. The van der Waals surface area contributed by atoms with E-state index in [4.69, 9.17) is 16.3 Å². The molecule has 1 heterocycles. The molecule has 1 aliphatic heterocycles. The number of hydrogen-bond acceptors (Lipinski definition) is 4. The minimum absolute atomic E-state index is 0.178. The van der Waals surface area contributed by atoms with E-state index in [2.05, 4.69) is 17.3 Å². The van der Waals surface area contributed by atoms with Crippen LogP contribution in [0, 0.1) is 23.7 Å². The van der Waals surface area contributed by atoms with Gasteiger partial charge in [0.15, 0.2) is 0 Å². The van der Waals surface area contributed by atoms with Gasteiger partial charge in [-0.15, -0.1) is 0 Å². The van der Waals surface area contributed by atoms with E-state index in [1.165, 1.54) is 0 Å². The molecule has 4 atom stereocenters. The Hall–Kier alpha value is -2.92. The Labute approximate surface area is 173 Å². The third-order valence-electron chi connectivity index (χ3n) is 5.95. The molecule has 5 nitrogen and oxygen atoms in total. The van der Waals surface area contributed by atoms with Gasteiger partial charge in [-0.25, -0.2) is 0 Å². The Bertz CT molecular complexity index is 1000. The molecule has 2 amide bonds. The van der Waals surface area contributed by atoms with E-state index in [0.717, 1.165) is 22.6 Å². The van der Waals surface area contributed by atoms with Crippen LogP contribution in [0.25, 0.3) is 0 Å². The molecule has 0 aromatic heterocycles. The third kappa shape index (κ3) is 3.25. The van der Waals surface area contributed by atoms with Crippen LogP contribution in [0.2, 0.25) is 5.02 Å². The number of amides is 2. The summed E-state index contributed by atoms with van der Waals surface area (Å²) < 4.78 is 5.82. The molecule has 5 rings (SSSR count). The van der Waals surface area contributed by atoms with E-state index in [1.807, 2.05) is 48.5 Å². The van der Waals surface area contributed by atoms with Gasteiger partial charge in [0.25, 0.3) is 11.8 Å². The average molecular weight is 407 g/mol. The van der Waals surface area contributed by atoms with Crippen molar-refractivity contribution in [3.8, 4) is 5.75 Å². The normalized spacial score (nSPS) is 27.3. The van der Waals surface area contributed by atoms with Gasteiger partial charge in [0.05, 0.1) is 18.1 Å². The Morgan fingerprint density at radius 1 is 1.03 bits per heavy atom. The molecule has 0 radical (unpaired) electrons. The number of nitrogens with zero attached hydrogens (tertiary/aromatic N) is 2. The predicted molar refractivity (Wildman–Crippen MR) is 109 cm³/mol. The summed E-state index contributed by atoms with van der Waals surface area (Å²) in [7, 11) is 0. The molecular formula is C23H19ClN2O3. The van der Waals surface area contributed by atoms with E-state index in [1.54, 1.807) is 6.21 Å². The van der Waals surface area contributed by atoms with Crippen molar-refractivity contribution in [3.63, 3.8) is 0 Å². The number of ether oxygens (including phenoxy) is 1. The number of allylic oxidation sites excluding steroid dienone is 2. The summed E-state index contributed by atoms with van der Waals surface area (Å²) in [6.45, 7) is 0.417. The molecule has 2 fully saturated rings. The molecule has 0 N–H and O–H groups in total. The molecule has 2 aromatic carbocycles. The smallest absolute Gasteiger partial charge is 0.254 e. The fourth-order valence-electron chi connectivity index (χ4n) is 4.56. The maximum Gasteiger partial charge on any atom is 0.254 e. The molecule has 6 heteroatoms. The zero-order chi connectivity index (χ0) is 20.0. The molecule has 2 aromatic rings. The lowest BCUT2D eigenvalue weighted by molar-refractivity contribution is -0.140. The second-order valence-electron chi connectivity index (χ2n) is 7.72. The number of carbonyl (C=O) groups excluding carboxylic acids is 2. The highest BCUT2D eigenvalue weighted by atomic mass is 35.5. The minimum Gasteiger partial charge on any atom is -0.489 e. The molecule has 2 aliphatic carbocycles. The van der Waals surface area contributed by atoms with Crippen LogP contribution < -0.4 is 4.74 Å². The van der Waals surface area contributed by atoms with E-state index in [0.29, 0.717) is 17.4 Å². The first-order chi connectivity index (χ1) is 14.1. The lowest BCUT2D eigenvalue weighted by Gasteiger charge is -2.13. The predicted octanol–water partition coefficient (Wildman–Crippen LogP) is 4.06. The average Bonchev–Trinajstić information content (AvgIpc) is 3.41. The van der Waals surface area contributed by atoms with Gasteiger partial charge in [-0.2, -0.15) is 10.1 Å². The van der Waals surface area contributed by atoms with E-state index in [9.17, 15) is 9.59 Å². The molecule has 1 saturated carbocycles. The molecule has 29 heavy (non-hydrogen) atoms. The maximum atomic E-state index is 12.7. The summed E-state index contributed by atoms with van der Waals surface area (Å²) in [5.74, 6) is 0.235. The zero-order valence-electron chi connectivity index (χ0n) is 15.6. The van der Waals surface area contributed by atoms with Gasteiger partial charge in [0, 0.05) is 5.02 Å². The zero-order valence-corrected chi connectivity index (χ0v) is 16.3. The number of hydrazone groups is 1. The first kappa shape index (κ1) is 18.1. The van der Waals surface area contributed by atoms with E-state index < -0.39 is 0 Å². The van der Waals surface area contributed by atoms with Crippen molar-refractivity contribution in [2.75, 3.05) is 0 Å². The van der Waals surface area contributed by atoms with Crippen molar-refractivity contribution >= 4 is 29.6 Å². The van der Waals surface area contributed by atoms with Gasteiger partial charge in [-0.3, -0.25) is 9.59 Å². The number of carbonyl (C=O) groups is 2. The molecule has 146 valence electrons. The molecule has 1 saturated heterocycles. The van der Waals surface area contributed by atoms with Gasteiger partial charge in [-0.05, 0) is 53.6 Å². The lowest BCUT2D eigenvalue weighted by atomic mass is 9.85. The standard InChI is InChI=1S/C23H19ClN2O3/c24-18-8-4-14(5-9-18)13-29-19-3-1-2-15(10-19)12-25-26-22(27)20-16-6-7-17(11-16)21(20)23(26)28/h1-10,12,16-17,20-21H,11,13H2/t16-,17-,20-,21+/m0/s1. The number of rotatable bonds is 5. The Kier molecular flexibility index (Phi) is 4.47. The van der Waals surface area contributed by atoms with E-state index >= 15 is 0 Å². The van der Waals surface area contributed by atoms with Crippen LogP contribution in [0.5, 0.6) is 5.75 Å². The van der Waals surface area contributed by atoms with Crippen molar-refractivity contribution in [2.45, 2.75) is 13.0 Å². The summed E-state index contributed by atoms with van der Waals surface area (Å²) in [6, 6.07) is 14.9. The van der Waals surface area contributed by atoms with Gasteiger partial charge >= 0.3 is 0 Å². The SMILES string of the molecule is O=C1[C@@H]2[C@H](C(=O)N1N=Cc1cccc(OCc3ccc(Cl)cc3)c1)[C@H]1C=C[C@H]2C1. The quantitative estimate of drug-likeness (QED) is 0.427. The molecular weight excluding hydrogens is 388 g/mol. The third-order valence-corrected chi connectivity index (χ3v) is 6.20. The Morgan fingerprint density at radius 2 is 1.72 bits per heavy atom. The molecule has 0 unspecified atom stereocenters. The summed E-state index contributed by atoms with van der Waals surface area (Å²) in [4.78, 5) is 25.4. The van der Waals surface area contributed by atoms with E-state index in [-0.39, 0.29) is 35.5 Å². The second-order valence-corrected chi connectivity index (χ2v) is 8.16. The fraction of sp³-hybridized carbons (Fsp3) is 0.261. The topological polar surface area (TPSA) is 59.0 Å². The number of halogens is 1. The van der Waals surface area contributed by atoms with Crippen LogP contribution in [0.4, 0.5) is 0 Å². The van der Waals surface area contributed by atoms with Crippen molar-refractivity contribution < 1.29 is 14.3 Å². The van der Waals surface area contributed by atoms with Gasteiger partial charge < -0.3 is 4.74 Å². The monoisotopic (exact) mass is 406 g/mol. The largest absolute Gasteiger partial charge is 0.489 e. The van der Waals surface area contributed by atoms with Gasteiger partial charge in [0.2, 0.25) is 0 Å². The molecule has 0 spiro atoms. The van der Waals surface area contributed by atoms with Crippen LogP contribution >= 0.6 is 11.6 Å². The Balaban J connectivity index is 1.27. The van der Waals surface area contributed by atoms with Crippen molar-refractivity contribution in [1.82, 2.24) is 5.01 Å². The highest BCUT2D eigenvalue weighted by Crippen LogP contribution is 2.52. The van der Waals surface area contributed by atoms with Crippen LogP contribution in [-0.2, 0) is 16.2 Å². The molecule has 2 bridgehead atoms. The first-order valence-electron chi connectivity index (χ1n) is 9.67.